The van der Waals surface area contributed by atoms with Crippen LogP contribution in [0.5, 0.6) is 0 Å². The lowest BCUT2D eigenvalue weighted by atomic mass is 9.54. The van der Waals surface area contributed by atoms with E-state index in [4.69, 9.17) is 9.73 Å². The molecule has 218 valence electrons. The molecule has 7 rings (SSSR count). The molecule has 0 spiro atoms. The number of benzene rings is 1. The van der Waals surface area contributed by atoms with Gasteiger partial charge in [-0.15, -0.1) is 11.8 Å². The van der Waals surface area contributed by atoms with Gasteiger partial charge in [-0.1, -0.05) is 84.0 Å². The molecule has 0 radical (unpaired) electrons. The Hall–Kier alpha value is -2.04. The Bertz CT molecular complexity index is 1350. The molecule has 0 amide bonds. The van der Waals surface area contributed by atoms with Gasteiger partial charge < -0.3 is 10.1 Å². The summed E-state index contributed by atoms with van der Waals surface area (Å²) in [6, 6.07) is 7.40. The van der Waals surface area contributed by atoms with E-state index in [0.29, 0.717) is 46.7 Å². The van der Waals surface area contributed by atoms with E-state index in [9.17, 15) is 0 Å². The van der Waals surface area contributed by atoms with Crippen LogP contribution in [-0.2, 0) is 4.74 Å². The molecule has 4 heterocycles. The standard InChI is InChI=1S/C37H48N2OS/c1-20(2)24-14-25(21(3)4)16-26(15-24)32-17-27-19-38-31(18-33(27)41-32)34-30(37(7)13-12-22(37)5)11-10-28-29-9-8-23(6)39-36(29)40-35(28)34/h10-16,18,20-22,28-30,32,34-36,38H,8-9,17,19H2,1-7H3. The van der Waals surface area contributed by atoms with Crippen LogP contribution >= 0.6 is 11.8 Å². The monoisotopic (exact) mass is 568 g/mol. The fourth-order valence-electron chi connectivity index (χ4n) is 8.28. The molecule has 0 aromatic heterocycles. The number of rotatable bonds is 5. The minimum Gasteiger partial charge on any atom is -0.384 e. The number of ether oxygens (including phenoxy) is 1. The fraction of sp³-hybridized carbons (Fsp3) is 0.595. The van der Waals surface area contributed by atoms with Crippen molar-refractivity contribution in [2.45, 2.75) is 97.1 Å². The van der Waals surface area contributed by atoms with E-state index in [0.717, 1.165) is 19.4 Å². The Morgan fingerprint density at radius 1 is 1.05 bits per heavy atom. The summed E-state index contributed by atoms with van der Waals surface area (Å²) in [6.07, 6.45) is 16.1. The first-order valence-corrected chi connectivity index (χ1v) is 17.1. The summed E-state index contributed by atoms with van der Waals surface area (Å²) in [7, 11) is 0. The van der Waals surface area contributed by atoms with Crippen molar-refractivity contribution in [3.05, 3.63) is 81.4 Å². The van der Waals surface area contributed by atoms with E-state index in [-0.39, 0.29) is 17.7 Å². The van der Waals surface area contributed by atoms with Crippen LogP contribution in [0.4, 0.5) is 0 Å². The average Bonchev–Trinajstić information content (AvgIpc) is 3.55. The van der Waals surface area contributed by atoms with Crippen LogP contribution in [0, 0.1) is 35.0 Å². The molecule has 9 atom stereocenters. The van der Waals surface area contributed by atoms with Crippen LogP contribution in [0.3, 0.4) is 0 Å². The predicted octanol–water partition coefficient (Wildman–Crippen LogP) is 9.08. The topological polar surface area (TPSA) is 33.6 Å². The highest BCUT2D eigenvalue weighted by molar-refractivity contribution is 8.03. The Balaban J connectivity index is 1.21. The summed E-state index contributed by atoms with van der Waals surface area (Å²) in [5.41, 5.74) is 8.84. The maximum absolute atomic E-state index is 6.94. The van der Waals surface area contributed by atoms with Gasteiger partial charge in [0.25, 0.3) is 0 Å². The average molecular weight is 569 g/mol. The second-order valence-electron chi connectivity index (χ2n) is 14.6. The van der Waals surface area contributed by atoms with Crippen molar-refractivity contribution >= 4 is 17.5 Å². The summed E-state index contributed by atoms with van der Waals surface area (Å²) in [4.78, 5) is 6.51. The third-order valence-corrected chi connectivity index (χ3v) is 12.7. The maximum atomic E-state index is 6.94. The molecule has 1 aromatic carbocycles. The van der Waals surface area contributed by atoms with Crippen LogP contribution in [0.2, 0.25) is 0 Å². The van der Waals surface area contributed by atoms with E-state index in [1.165, 1.54) is 39.4 Å². The molecule has 9 unspecified atom stereocenters. The smallest absolute Gasteiger partial charge is 0.152 e. The number of fused-ring (bicyclic) bond motifs is 3. The van der Waals surface area contributed by atoms with Crippen LogP contribution in [-0.4, -0.2) is 24.6 Å². The molecule has 1 aromatic rings. The lowest BCUT2D eigenvalue weighted by molar-refractivity contribution is -0.0236. The zero-order chi connectivity index (χ0) is 28.6. The van der Waals surface area contributed by atoms with Crippen LogP contribution in [0.25, 0.3) is 0 Å². The molecule has 6 aliphatic rings. The number of nitrogens with one attached hydrogen (secondary N) is 1. The van der Waals surface area contributed by atoms with Crippen molar-refractivity contribution in [3.8, 4) is 0 Å². The highest BCUT2D eigenvalue weighted by atomic mass is 32.2. The number of allylic oxidation sites excluding steroid dienone is 4. The molecule has 1 saturated heterocycles. The van der Waals surface area contributed by atoms with E-state index in [1.807, 2.05) is 0 Å². The summed E-state index contributed by atoms with van der Waals surface area (Å²) in [5, 5.41) is 4.47. The zero-order valence-corrected chi connectivity index (χ0v) is 26.8. The second kappa shape index (κ2) is 10.3. The first-order valence-electron chi connectivity index (χ1n) is 16.2. The molecule has 4 heteroatoms. The molecule has 2 aliphatic carbocycles. The highest BCUT2D eigenvalue weighted by Gasteiger charge is 2.56. The molecule has 41 heavy (non-hydrogen) atoms. The van der Waals surface area contributed by atoms with Gasteiger partial charge in [0.15, 0.2) is 6.23 Å². The largest absolute Gasteiger partial charge is 0.384 e. The van der Waals surface area contributed by atoms with Crippen molar-refractivity contribution in [1.29, 1.82) is 0 Å². The first-order chi connectivity index (χ1) is 19.6. The summed E-state index contributed by atoms with van der Waals surface area (Å²) < 4.78 is 6.94. The van der Waals surface area contributed by atoms with Crippen LogP contribution < -0.4 is 5.32 Å². The van der Waals surface area contributed by atoms with Crippen LogP contribution in [0.1, 0.15) is 102 Å². The molecular formula is C37H48N2OS. The van der Waals surface area contributed by atoms with Gasteiger partial charge in [0, 0.05) is 45.9 Å². The first kappa shape index (κ1) is 27.8. The minimum absolute atomic E-state index is 0.0272. The fourth-order valence-corrected chi connectivity index (χ4v) is 9.66. The third kappa shape index (κ3) is 4.63. The molecule has 4 aliphatic heterocycles. The molecule has 1 N–H and O–H groups in total. The Kier molecular flexibility index (Phi) is 6.98. The van der Waals surface area contributed by atoms with Gasteiger partial charge in [0.1, 0.15) is 0 Å². The Morgan fingerprint density at radius 2 is 1.80 bits per heavy atom. The second-order valence-corrected chi connectivity index (χ2v) is 15.8. The molecule has 0 bridgehead atoms. The number of thioether (sulfide) groups is 1. The van der Waals surface area contributed by atoms with E-state index in [1.54, 1.807) is 5.57 Å². The molecular weight excluding hydrogens is 520 g/mol. The SMILES string of the molecule is CC1=NC2OC3C(C=CC(C4(C)C=CC4C)C3C3=CC4=C(CN3)CC(c3cc(C(C)C)cc(C(C)C)c3)S4)C2CC1. The van der Waals surface area contributed by atoms with Gasteiger partial charge in [0.2, 0.25) is 0 Å². The van der Waals surface area contributed by atoms with Crippen molar-refractivity contribution < 1.29 is 4.74 Å². The third-order valence-electron chi connectivity index (χ3n) is 11.4. The van der Waals surface area contributed by atoms with Gasteiger partial charge >= 0.3 is 0 Å². The number of dihydropyridines is 1. The van der Waals surface area contributed by atoms with Gasteiger partial charge in [-0.25, -0.2) is 0 Å². The van der Waals surface area contributed by atoms with Gasteiger partial charge in [-0.2, -0.15) is 0 Å². The van der Waals surface area contributed by atoms with Crippen molar-refractivity contribution in [2.24, 2.45) is 40.0 Å². The van der Waals surface area contributed by atoms with Gasteiger partial charge in [-0.3, -0.25) is 4.99 Å². The lowest BCUT2D eigenvalue weighted by Gasteiger charge is -2.51. The van der Waals surface area contributed by atoms with E-state index >= 15 is 0 Å². The van der Waals surface area contributed by atoms with E-state index < -0.39 is 0 Å². The zero-order valence-electron chi connectivity index (χ0n) is 26.0. The minimum atomic E-state index is 0.0272. The van der Waals surface area contributed by atoms with Gasteiger partial charge in [-0.05, 0) is 83.6 Å². The number of nitrogens with zero attached hydrogens (tertiary/aromatic N) is 1. The van der Waals surface area contributed by atoms with Crippen molar-refractivity contribution in [2.75, 3.05) is 6.54 Å². The number of hydrogen-bond donors (Lipinski definition) is 1. The number of hydrogen-bond acceptors (Lipinski definition) is 4. The maximum Gasteiger partial charge on any atom is 0.152 e. The summed E-state index contributed by atoms with van der Waals surface area (Å²) in [6.45, 7) is 17.3. The van der Waals surface area contributed by atoms with Gasteiger partial charge in [0.05, 0.1) is 6.10 Å². The van der Waals surface area contributed by atoms with Crippen molar-refractivity contribution in [1.82, 2.24) is 5.32 Å². The number of aliphatic imine (C=N–C) groups is 1. The summed E-state index contributed by atoms with van der Waals surface area (Å²) in [5.74, 6) is 3.39. The molecule has 0 saturated carbocycles. The van der Waals surface area contributed by atoms with E-state index in [2.05, 4.69) is 114 Å². The molecule has 3 nitrogen and oxygen atoms in total. The highest BCUT2D eigenvalue weighted by Crippen LogP contribution is 2.58. The Morgan fingerprint density at radius 3 is 2.46 bits per heavy atom. The lowest BCUT2D eigenvalue weighted by Crippen LogP contribution is -2.49. The van der Waals surface area contributed by atoms with Crippen LogP contribution in [0.15, 0.2) is 69.7 Å². The van der Waals surface area contributed by atoms with Crippen molar-refractivity contribution in [3.63, 3.8) is 0 Å². The Labute approximate surface area is 252 Å². The quantitative estimate of drug-likeness (QED) is 0.360. The summed E-state index contributed by atoms with van der Waals surface area (Å²) >= 11 is 2.10. The predicted molar refractivity (Wildman–Crippen MR) is 173 cm³/mol. The molecule has 1 fully saturated rings. The normalized spacial score (nSPS) is 39.2.